The van der Waals surface area contributed by atoms with Gasteiger partial charge in [-0.2, -0.15) is 0 Å². The van der Waals surface area contributed by atoms with Gasteiger partial charge in [0.05, 0.1) is 26.8 Å². The van der Waals surface area contributed by atoms with Crippen LogP contribution in [0.5, 0.6) is 0 Å². The number of sulfone groups is 1. The Labute approximate surface area is 194 Å². The molecule has 8 heteroatoms. The van der Waals surface area contributed by atoms with Gasteiger partial charge in [-0.25, -0.2) is 12.8 Å². The minimum Gasteiger partial charge on any atom is -0.381 e. The lowest BCUT2D eigenvalue weighted by molar-refractivity contribution is 0.0851. The molecule has 0 aliphatic carbocycles. The van der Waals surface area contributed by atoms with Crippen molar-refractivity contribution in [2.75, 3.05) is 19.5 Å². The lowest BCUT2D eigenvalue weighted by Gasteiger charge is -2.25. The van der Waals surface area contributed by atoms with Crippen LogP contribution in [0.2, 0.25) is 0 Å². The number of ether oxygens (including phenoxy) is 1. The number of hydrogen-bond donors (Lipinski definition) is 0. The van der Waals surface area contributed by atoms with E-state index in [1.807, 2.05) is 22.8 Å². The zero-order chi connectivity index (χ0) is 22.5. The highest BCUT2D eigenvalue weighted by Crippen LogP contribution is 2.35. The average Bonchev–Trinajstić information content (AvgIpc) is 3.07. The summed E-state index contributed by atoms with van der Waals surface area (Å²) in [5.41, 5.74) is 4.18. The van der Waals surface area contributed by atoms with Crippen LogP contribution in [-0.4, -0.2) is 37.4 Å². The van der Waals surface area contributed by atoms with Gasteiger partial charge in [-0.15, -0.1) is 0 Å². The molecule has 1 saturated heterocycles. The fourth-order valence-electron chi connectivity index (χ4n) is 4.61. The van der Waals surface area contributed by atoms with Gasteiger partial charge in [-0.3, -0.25) is 4.98 Å². The topological polar surface area (TPSA) is 61.2 Å². The van der Waals surface area contributed by atoms with Crippen molar-refractivity contribution in [3.8, 4) is 0 Å². The Morgan fingerprint density at radius 2 is 1.91 bits per heavy atom. The van der Waals surface area contributed by atoms with Gasteiger partial charge in [0.15, 0.2) is 9.84 Å². The minimum absolute atomic E-state index is 0.0386. The number of benzene rings is 2. The molecule has 1 aliphatic heterocycles. The molecule has 0 unspecified atom stereocenters. The molecule has 0 radical (unpaired) electrons. The molecule has 5 rings (SSSR count). The van der Waals surface area contributed by atoms with Crippen LogP contribution in [0.1, 0.15) is 29.9 Å². The van der Waals surface area contributed by atoms with Crippen molar-refractivity contribution in [2.45, 2.75) is 30.2 Å². The maximum absolute atomic E-state index is 15.2. The predicted molar refractivity (Wildman–Crippen MR) is 126 cm³/mol. The Morgan fingerprint density at radius 1 is 1.16 bits per heavy atom. The van der Waals surface area contributed by atoms with E-state index in [1.54, 1.807) is 12.3 Å². The van der Waals surface area contributed by atoms with Crippen LogP contribution in [0.4, 0.5) is 4.39 Å². The standard InChI is InChI=1S/C24H22BrFN2O3S/c1-32(29,30)18-11-20(26)23-21(12-18)28(22-10-17(25)13-27-24(22)23)14-16-4-2-3-5-19(16)15-6-8-31-9-7-15/h2-5,10-13,15H,6-9,14H2,1H3. The van der Waals surface area contributed by atoms with Gasteiger partial charge < -0.3 is 9.30 Å². The number of aromatic nitrogens is 2. The summed E-state index contributed by atoms with van der Waals surface area (Å²) >= 11 is 3.47. The summed E-state index contributed by atoms with van der Waals surface area (Å²) < 4.78 is 47.9. The van der Waals surface area contributed by atoms with Crippen molar-refractivity contribution < 1.29 is 17.5 Å². The fourth-order valence-corrected chi connectivity index (χ4v) is 5.57. The summed E-state index contributed by atoms with van der Waals surface area (Å²) in [6, 6.07) is 12.8. The van der Waals surface area contributed by atoms with Gasteiger partial charge in [0.25, 0.3) is 0 Å². The first-order valence-corrected chi connectivity index (χ1v) is 13.1. The molecular formula is C24H22BrFN2O3S. The Hall–Kier alpha value is -2.29. The van der Waals surface area contributed by atoms with E-state index in [1.165, 1.54) is 5.56 Å². The van der Waals surface area contributed by atoms with Crippen molar-refractivity contribution in [2.24, 2.45) is 0 Å². The van der Waals surface area contributed by atoms with Crippen LogP contribution >= 0.6 is 15.9 Å². The molecule has 2 aromatic carbocycles. The first-order valence-electron chi connectivity index (χ1n) is 10.5. The van der Waals surface area contributed by atoms with Gasteiger partial charge in [-0.05, 0) is 64.0 Å². The number of rotatable bonds is 4. The molecule has 0 atom stereocenters. The van der Waals surface area contributed by atoms with E-state index in [-0.39, 0.29) is 4.90 Å². The molecule has 2 aromatic heterocycles. The van der Waals surface area contributed by atoms with Crippen molar-refractivity contribution in [1.82, 2.24) is 9.55 Å². The van der Waals surface area contributed by atoms with E-state index in [0.29, 0.717) is 28.9 Å². The molecule has 3 heterocycles. The highest BCUT2D eigenvalue weighted by molar-refractivity contribution is 9.10. The largest absolute Gasteiger partial charge is 0.381 e. The zero-order valence-corrected chi connectivity index (χ0v) is 19.9. The Bertz CT molecular complexity index is 1440. The van der Waals surface area contributed by atoms with Crippen LogP contribution in [-0.2, 0) is 21.1 Å². The van der Waals surface area contributed by atoms with Crippen LogP contribution in [0.3, 0.4) is 0 Å². The lowest BCUT2D eigenvalue weighted by Crippen LogP contribution is -2.16. The first kappa shape index (κ1) is 21.6. The molecule has 4 aromatic rings. The zero-order valence-electron chi connectivity index (χ0n) is 17.5. The third-order valence-electron chi connectivity index (χ3n) is 6.17. The average molecular weight is 517 g/mol. The Kier molecular flexibility index (Phi) is 5.55. The highest BCUT2D eigenvalue weighted by atomic mass is 79.9. The van der Waals surface area contributed by atoms with E-state index in [4.69, 9.17) is 4.74 Å². The van der Waals surface area contributed by atoms with Gasteiger partial charge >= 0.3 is 0 Å². The number of halogens is 2. The van der Waals surface area contributed by atoms with Crippen molar-refractivity contribution in [1.29, 1.82) is 0 Å². The van der Waals surface area contributed by atoms with Gasteiger partial charge in [0, 0.05) is 36.7 Å². The molecular weight excluding hydrogens is 495 g/mol. The van der Waals surface area contributed by atoms with E-state index in [0.717, 1.165) is 53.9 Å². The maximum Gasteiger partial charge on any atom is 0.175 e. The van der Waals surface area contributed by atoms with Crippen LogP contribution in [0, 0.1) is 5.82 Å². The molecule has 0 saturated carbocycles. The van der Waals surface area contributed by atoms with Crippen molar-refractivity contribution >= 4 is 47.7 Å². The summed E-state index contributed by atoms with van der Waals surface area (Å²) in [7, 11) is -3.57. The molecule has 0 bridgehead atoms. The summed E-state index contributed by atoms with van der Waals surface area (Å²) in [4.78, 5) is 4.42. The van der Waals surface area contributed by atoms with Crippen LogP contribution < -0.4 is 0 Å². The normalized spacial score (nSPS) is 15.6. The van der Waals surface area contributed by atoms with Crippen LogP contribution in [0.15, 0.2) is 58.0 Å². The fraction of sp³-hybridized carbons (Fsp3) is 0.292. The third-order valence-corrected chi connectivity index (χ3v) is 7.69. The second kappa shape index (κ2) is 8.24. The first-order chi connectivity index (χ1) is 15.3. The lowest BCUT2D eigenvalue weighted by atomic mass is 9.88. The second-order valence-corrected chi connectivity index (χ2v) is 11.2. The Balaban J connectivity index is 1.75. The summed E-state index contributed by atoms with van der Waals surface area (Å²) in [5.74, 6) is -0.180. The monoisotopic (exact) mass is 516 g/mol. The molecule has 1 fully saturated rings. The predicted octanol–water partition coefficient (Wildman–Crippen LogP) is 5.44. The third kappa shape index (κ3) is 3.84. The number of fused-ring (bicyclic) bond motifs is 3. The highest BCUT2D eigenvalue weighted by Gasteiger charge is 2.23. The summed E-state index contributed by atoms with van der Waals surface area (Å²) in [6.45, 7) is 1.97. The summed E-state index contributed by atoms with van der Waals surface area (Å²) in [6.07, 6.45) is 4.65. The van der Waals surface area contributed by atoms with E-state index in [9.17, 15) is 8.42 Å². The summed E-state index contributed by atoms with van der Waals surface area (Å²) in [5, 5.41) is 0.337. The van der Waals surface area contributed by atoms with Gasteiger partial charge in [0.2, 0.25) is 0 Å². The second-order valence-electron chi connectivity index (χ2n) is 8.26. The molecule has 5 nitrogen and oxygen atoms in total. The SMILES string of the molecule is CS(=O)(=O)c1cc(F)c2c3ncc(Br)cc3n(Cc3ccccc3C3CCOCC3)c2c1. The Morgan fingerprint density at radius 3 is 2.66 bits per heavy atom. The number of nitrogens with zero attached hydrogens (tertiary/aromatic N) is 2. The molecule has 1 aliphatic rings. The molecule has 166 valence electrons. The van der Waals surface area contributed by atoms with E-state index < -0.39 is 15.7 Å². The molecule has 0 amide bonds. The molecule has 32 heavy (non-hydrogen) atoms. The van der Waals surface area contributed by atoms with Crippen LogP contribution in [0.25, 0.3) is 21.9 Å². The van der Waals surface area contributed by atoms with Gasteiger partial charge in [-0.1, -0.05) is 24.3 Å². The molecule has 0 spiro atoms. The smallest absolute Gasteiger partial charge is 0.175 e. The quantitative estimate of drug-likeness (QED) is 0.362. The number of hydrogen-bond acceptors (Lipinski definition) is 4. The van der Waals surface area contributed by atoms with Gasteiger partial charge in [0.1, 0.15) is 5.82 Å². The van der Waals surface area contributed by atoms with E-state index >= 15 is 4.39 Å². The minimum atomic E-state index is -3.57. The molecule has 0 N–H and O–H groups in total. The maximum atomic E-state index is 15.2. The number of pyridine rings is 1. The van der Waals surface area contributed by atoms with Crippen molar-refractivity contribution in [3.63, 3.8) is 0 Å². The van der Waals surface area contributed by atoms with E-state index in [2.05, 4.69) is 33.0 Å². The van der Waals surface area contributed by atoms with Crippen molar-refractivity contribution in [3.05, 3.63) is 70.1 Å².